The van der Waals surface area contributed by atoms with E-state index in [0.717, 1.165) is 42.0 Å². The van der Waals surface area contributed by atoms with Gasteiger partial charge in [0.15, 0.2) is 10.2 Å². The number of nitrogens with one attached hydrogen (secondary N) is 2. The summed E-state index contributed by atoms with van der Waals surface area (Å²) >= 11 is 2.75. The van der Waals surface area contributed by atoms with Crippen LogP contribution in [-0.2, 0) is 4.74 Å². The van der Waals surface area contributed by atoms with E-state index in [9.17, 15) is 4.79 Å². The van der Waals surface area contributed by atoms with Crippen molar-refractivity contribution in [2.75, 3.05) is 48.1 Å². The van der Waals surface area contributed by atoms with Crippen LogP contribution in [0.15, 0.2) is 46.9 Å². The number of carbonyl (C=O) groups excluding carboxylic acids is 1. The first-order valence-corrected chi connectivity index (χ1v) is 11.4. The summed E-state index contributed by atoms with van der Waals surface area (Å²) in [4.78, 5) is 23.2. The molecule has 1 amide bonds. The van der Waals surface area contributed by atoms with E-state index in [1.807, 2.05) is 30.5 Å². The molecular weight excluding hydrogens is 420 g/mol. The summed E-state index contributed by atoms with van der Waals surface area (Å²) < 4.78 is 6.18. The lowest BCUT2D eigenvalue weighted by atomic mass is 10.2. The number of primary amides is 1. The second-order valence-electron chi connectivity index (χ2n) is 6.55. The van der Waals surface area contributed by atoms with Gasteiger partial charge in [-0.25, -0.2) is 9.97 Å². The molecular formula is C20H22N6O2S2. The Hall–Kier alpha value is -2.82. The van der Waals surface area contributed by atoms with Crippen LogP contribution >= 0.6 is 23.1 Å². The maximum atomic E-state index is 11.7. The average Bonchev–Trinajstić information content (AvgIpc) is 3.18. The van der Waals surface area contributed by atoms with Crippen molar-refractivity contribution >= 4 is 57.7 Å². The number of amides is 1. The van der Waals surface area contributed by atoms with Crippen molar-refractivity contribution in [3.63, 3.8) is 0 Å². The Morgan fingerprint density at radius 3 is 2.63 bits per heavy atom. The van der Waals surface area contributed by atoms with Crippen LogP contribution in [0.5, 0.6) is 0 Å². The topological polar surface area (TPSA) is 105 Å². The van der Waals surface area contributed by atoms with Gasteiger partial charge in [0, 0.05) is 42.4 Å². The van der Waals surface area contributed by atoms with Crippen LogP contribution in [0, 0.1) is 0 Å². The summed E-state index contributed by atoms with van der Waals surface area (Å²) in [6, 6.07) is 11.9. The monoisotopic (exact) mass is 442 g/mol. The zero-order chi connectivity index (χ0) is 20.9. The molecule has 1 aromatic carbocycles. The van der Waals surface area contributed by atoms with Crippen LogP contribution < -0.4 is 21.3 Å². The van der Waals surface area contributed by atoms with Gasteiger partial charge in [0.25, 0.3) is 5.91 Å². The number of rotatable bonds is 7. The Bertz CT molecular complexity index is 1020. The molecule has 1 aliphatic heterocycles. The first-order chi connectivity index (χ1) is 14.6. The van der Waals surface area contributed by atoms with Gasteiger partial charge >= 0.3 is 0 Å². The number of ether oxygens (including phenoxy) is 1. The minimum absolute atomic E-state index is 0.407. The van der Waals surface area contributed by atoms with Crippen molar-refractivity contribution in [3.8, 4) is 0 Å². The molecule has 0 radical (unpaired) electrons. The third-order valence-electron chi connectivity index (χ3n) is 4.54. The Balaban J connectivity index is 1.46. The second kappa shape index (κ2) is 9.33. The zero-order valence-corrected chi connectivity index (χ0v) is 18.1. The van der Waals surface area contributed by atoms with Gasteiger partial charge in [-0.3, -0.25) is 4.79 Å². The van der Waals surface area contributed by atoms with Gasteiger partial charge < -0.3 is 26.0 Å². The number of nitrogens with two attached hydrogens (primary N) is 1. The van der Waals surface area contributed by atoms with Crippen LogP contribution in [-0.4, -0.2) is 48.4 Å². The highest BCUT2D eigenvalue weighted by molar-refractivity contribution is 8.00. The molecule has 4 N–H and O–H groups in total. The number of benzene rings is 1. The molecule has 10 heteroatoms. The first kappa shape index (κ1) is 20.5. The SMILES string of the molecule is CSc1nc(Nc2ccnc(Nc3ccc(N4CCOCC4)cc3)c2)c(C(N)=O)s1. The quantitative estimate of drug-likeness (QED) is 0.476. The number of thiazole rings is 1. The van der Waals surface area contributed by atoms with E-state index in [1.54, 1.807) is 6.20 Å². The molecule has 8 nitrogen and oxygen atoms in total. The molecule has 0 atom stereocenters. The molecule has 3 aromatic rings. The van der Waals surface area contributed by atoms with Gasteiger partial charge in [-0.1, -0.05) is 11.8 Å². The molecule has 0 saturated carbocycles. The number of hydrogen-bond acceptors (Lipinski definition) is 9. The number of aromatic nitrogens is 2. The van der Waals surface area contributed by atoms with Gasteiger partial charge in [0.2, 0.25) is 0 Å². The molecule has 3 heterocycles. The third-order valence-corrected chi connectivity index (χ3v) is 6.60. The van der Waals surface area contributed by atoms with E-state index in [0.29, 0.717) is 16.5 Å². The van der Waals surface area contributed by atoms with Crippen molar-refractivity contribution in [3.05, 3.63) is 47.5 Å². The van der Waals surface area contributed by atoms with Crippen LogP contribution in [0.2, 0.25) is 0 Å². The molecule has 1 saturated heterocycles. The minimum Gasteiger partial charge on any atom is -0.378 e. The Morgan fingerprint density at radius 1 is 1.17 bits per heavy atom. The maximum absolute atomic E-state index is 11.7. The molecule has 4 rings (SSSR count). The molecule has 2 aromatic heterocycles. The van der Waals surface area contributed by atoms with E-state index in [4.69, 9.17) is 10.5 Å². The number of hydrogen-bond donors (Lipinski definition) is 3. The molecule has 0 spiro atoms. The lowest BCUT2D eigenvalue weighted by molar-refractivity contribution is 0.100. The zero-order valence-electron chi connectivity index (χ0n) is 16.4. The number of carbonyl (C=O) groups is 1. The molecule has 30 heavy (non-hydrogen) atoms. The summed E-state index contributed by atoms with van der Waals surface area (Å²) in [5.41, 5.74) is 8.36. The van der Waals surface area contributed by atoms with E-state index in [2.05, 4.69) is 37.6 Å². The minimum atomic E-state index is -0.497. The van der Waals surface area contributed by atoms with Crippen LogP contribution in [0.25, 0.3) is 0 Å². The fourth-order valence-electron chi connectivity index (χ4n) is 3.08. The fourth-order valence-corrected chi connectivity index (χ4v) is 4.45. The number of anilines is 5. The predicted molar refractivity (Wildman–Crippen MR) is 123 cm³/mol. The molecule has 0 bridgehead atoms. The second-order valence-corrected chi connectivity index (χ2v) is 8.60. The standard InChI is InChI=1S/C20H22N6O2S2/c1-29-20-25-19(17(30-20)18(21)27)24-14-6-7-22-16(12-14)23-13-2-4-15(5-3-13)26-8-10-28-11-9-26/h2-7,12H,8-11H2,1H3,(H2,21,27)(H2,22,23,24). The Kier molecular flexibility index (Phi) is 6.36. The molecule has 1 fully saturated rings. The maximum Gasteiger partial charge on any atom is 0.262 e. The lowest BCUT2D eigenvalue weighted by Gasteiger charge is -2.28. The van der Waals surface area contributed by atoms with Crippen molar-refractivity contribution in [1.29, 1.82) is 0 Å². The average molecular weight is 443 g/mol. The Morgan fingerprint density at radius 2 is 1.93 bits per heavy atom. The summed E-state index contributed by atoms with van der Waals surface area (Å²) in [6.45, 7) is 3.34. The predicted octanol–water partition coefficient (Wildman–Crippen LogP) is 3.68. The summed E-state index contributed by atoms with van der Waals surface area (Å²) in [5.74, 6) is 0.645. The van der Waals surface area contributed by atoms with Gasteiger partial charge in [-0.2, -0.15) is 0 Å². The van der Waals surface area contributed by atoms with Crippen molar-refractivity contribution < 1.29 is 9.53 Å². The van der Waals surface area contributed by atoms with Gasteiger partial charge in [-0.05, 0) is 36.6 Å². The van der Waals surface area contributed by atoms with Crippen molar-refractivity contribution in [1.82, 2.24) is 9.97 Å². The normalized spacial score (nSPS) is 13.8. The van der Waals surface area contributed by atoms with Gasteiger partial charge in [0.1, 0.15) is 10.7 Å². The van der Waals surface area contributed by atoms with Gasteiger partial charge in [0.05, 0.1) is 13.2 Å². The summed E-state index contributed by atoms with van der Waals surface area (Å²) in [6.07, 6.45) is 3.60. The van der Waals surface area contributed by atoms with E-state index >= 15 is 0 Å². The number of thioether (sulfide) groups is 1. The summed E-state index contributed by atoms with van der Waals surface area (Å²) in [5, 5.41) is 6.48. The van der Waals surface area contributed by atoms with E-state index in [-0.39, 0.29) is 0 Å². The number of pyridine rings is 1. The highest BCUT2D eigenvalue weighted by atomic mass is 32.2. The van der Waals surface area contributed by atoms with Crippen LogP contribution in [0.1, 0.15) is 9.67 Å². The van der Waals surface area contributed by atoms with Gasteiger partial charge in [-0.15, -0.1) is 11.3 Å². The van der Waals surface area contributed by atoms with Crippen LogP contribution in [0.3, 0.4) is 0 Å². The fraction of sp³-hybridized carbons (Fsp3) is 0.250. The smallest absolute Gasteiger partial charge is 0.262 e. The lowest BCUT2D eigenvalue weighted by Crippen LogP contribution is -2.36. The highest BCUT2D eigenvalue weighted by Crippen LogP contribution is 2.31. The highest BCUT2D eigenvalue weighted by Gasteiger charge is 2.16. The Labute approximate surface area is 182 Å². The third kappa shape index (κ3) is 4.84. The molecule has 0 unspecified atom stereocenters. The first-order valence-electron chi connectivity index (χ1n) is 9.40. The largest absolute Gasteiger partial charge is 0.378 e. The van der Waals surface area contributed by atoms with Crippen LogP contribution in [0.4, 0.5) is 28.7 Å². The number of nitrogens with zero attached hydrogens (tertiary/aromatic N) is 3. The molecule has 0 aliphatic carbocycles. The van der Waals surface area contributed by atoms with E-state index < -0.39 is 5.91 Å². The molecule has 1 aliphatic rings. The van der Waals surface area contributed by atoms with Crippen molar-refractivity contribution in [2.45, 2.75) is 4.34 Å². The van der Waals surface area contributed by atoms with Crippen molar-refractivity contribution in [2.24, 2.45) is 5.73 Å². The number of morpholine rings is 1. The molecule has 156 valence electrons. The van der Waals surface area contributed by atoms with E-state index in [1.165, 1.54) is 28.8 Å². The summed E-state index contributed by atoms with van der Waals surface area (Å²) in [7, 11) is 0.